The molecule has 168 valence electrons. The highest BCUT2D eigenvalue weighted by Gasteiger charge is 2.26. The van der Waals surface area contributed by atoms with Crippen LogP contribution in [0, 0.1) is 0 Å². The van der Waals surface area contributed by atoms with Gasteiger partial charge in [-0.15, -0.1) is 24.0 Å². The van der Waals surface area contributed by atoms with E-state index in [1.807, 2.05) is 6.07 Å². The van der Waals surface area contributed by atoms with Gasteiger partial charge >= 0.3 is 0 Å². The van der Waals surface area contributed by atoms with Crippen LogP contribution >= 0.6 is 24.0 Å². The summed E-state index contributed by atoms with van der Waals surface area (Å²) in [6.07, 6.45) is 2.20. The van der Waals surface area contributed by atoms with E-state index in [0.717, 1.165) is 62.2 Å². The van der Waals surface area contributed by atoms with Gasteiger partial charge in [-0.05, 0) is 30.9 Å². The van der Waals surface area contributed by atoms with Crippen molar-refractivity contribution >= 4 is 35.6 Å². The predicted molar refractivity (Wildman–Crippen MR) is 138 cm³/mol. The topological polar surface area (TPSA) is 58.1 Å². The van der Waals surface area contributed by atoms with Crippen molar-refractivity contribution in [2.75, 3.05) is 45.3 Å². The molecule has 0 spiro atoms. The summed E-state index contributed by atoms with van der Waals surface area (Å²) in [5.74, 6) is 3.09. The molecule has 1 saturated heterocycles. The average Bonchev–Trinajstić information content (AvgIpc) is 3.22. The number of fused-ring (bicyclic) bond motifs is 1. The number of anilines is 1. The minimum Gasteiger partial charge on any atom is -0.497 e. The highest BCUT2D eigenvalue weighted by Crippen LogP contribution is 2.35. The molecule has 0 radical (unpaired) electrons. The lowest BCUT2D eigenvalue weighted by Gasteiger charge is -2.29. The number of methoxy groups -OCH3 is 2. The van der Waals surface area contributed by atoms with E-state index in [2.05, 4.69) is 58.9 Å². The highest BCUT2D eigenvalue weighted by molar-refractivity contribution is 14.0. The van der Waals surface area contributed by atoms with Gasteiger partial charge in [0.2, 0.25) is 0 Å². The average molecular weight is 536 g/mol. The normalized spacial score (nSPS) is 19.7. The van der Waals surface area contributed by atoms with E-state index >= 15 is 0 Å². The molecule has 1 heterocycles. The molecule has 0 bridgehead atoms. The van der Waals surface area contributed by atoms with Crippen LogP contribution in [-0.2, 0) is 6.42 Å². The summed E-state index contributed by atoms with van der Waals surface area (Å²) < 4.78 is 10.8. The zero-order valence-electron chi connectivity index (χ0n) is 18.6. The molecule has 1 aliphatic carbocycles. The number of rotatable bonds is 7. The molecule has 1 fully saturated rings. The van der Waals surface area contributed by atoms with Gasteiger partial charge in [0.25, 0.3) is 0 Å². The minimum atomic E-state index is 0. The van der Waals surface area contributed by atoms with Gasteiger partial charge in [0.05, 0.1) is 14.2 Å². The summed E-state index contributed by atoms with van der Waals surface area (Å²) in [5.41, 5.74) is 4.05. The number of nitrogens with zero attached hydrogens (tertiary/aromatic N) is 2. The van der Waals surface area contributed by atoms with E-state index in [0.29, 0.717) is 12.0 Å². The van der Waals surface area contributed by atoms with Crippen molar-refractivity contribution < 1.29 is 9.47 Å². The first kappa shape index (κ1) is 23.5. The van der Waals surface area contributed by atoms with Crippen molar-refractivity contribution in [2.45, 2.75) is 31.7 Å². The van der Waals surface area contributed by atoms with Crippen LogP contribution in [0.25, 0.3) is 0 Å². The van der Waals surface area contributed by atoms with Gasteiger partial charge in [0, 0.05) is 62.0 Å². The molecule has 7 heteroatoms. The molecule has 2 atom stereocenters. The molecular weight excluding hydrogens is 503 g/mol. The van der Waals surface area contributed by atoms with Crippen molar-refractivity contribution in [3.8, 4) is 11.5 Å². The van der Waals surface area contributed by atoms with E-state index in [4.69, 9.17) is 14.5 Å². The molecule has 0 aromatic heterocycles. The third-order valence-electron chi connectivity index (χ3n) is 6.01. The summed E-state index contributed by atoms with van der Waals surface area (Å²) in [6, 6.07) is 15.1. The molecular formula is C24H33IN4O2. The maximum Gasteiger partial charge on any atom is 0.191 e. The number of guanidine groups is 1. The zero-order valence-corrected chi connectivity index (χ0v) is 20.9. The fourth-order valence-corrected chi connectivity index (χ4v) is 4.33. The first-order valence-electron chi connectivity index (χ1n) is 10.8. The number of ether oxygens (including phenoxy) is 2. The third-order valence-corrected chi connectivity index (χ3v) is 6.01. The number of hydrogen-bond acceptors (Lipinski definition) is 4. The summed E-state index contributed by atoms with van der Waals surface area (Å²) in [7, 11) is 3.37. The van der Waals surface area contributed by atoms with Gasteiger partial charge in [-0.25, -0.2) is 0 Å². The lowest BCUT2D eigenvalue weighted by atomic mass is 9.78. The number of benzene rings is 2. The second-order valence-corrected chi connectivity index (χ2v) is 7.97. The van der Waals surface area contributed by atoms with E-state index in [1.165, 1.54) is 11.1 Å². The Hall–Kier alpha value is -2.16. The maximum absolute atomic E-state index is 5.42. The van der Waals surface area contributed by atoms with Gasteiger partial charge in [-0.3, -0.25) is 4.99 Å². The Morgan fingerprint density at radius 1 is 1.13 bits per heavy atom. The van der Waals surface area contributed by atoms with Gasteiger partial charge in [0.1, 0.15) is 11.5 Å². The van der Waals surface area contributed by atoms with Crippen molar-refractivity contribution in [1.29, 1.82) is 0 Å². The summed E-state index contributed by atoms with van der Waals surface area (Å²) in [6.45, 7) is 5.71. The number of nitrogens with one attached hydrogen (secondary N) is 2. The molecule has 2 aliphatic rings. The van der Waals surface area contributed by atoms with E-state index in [-0.39, 0.29) is 24.0 Å². The highest BCUT2D eigenvalue weighted by atomic mass is 127. The van der Waals surface area contributed by atoms with Gasteiger partial charge in [0.15, 0.2) is 5.96 Å². The van der Waals surface area contributed by atoms with Crippen molar-refractivity contribution in [1.82, 2.24) is 10.6 Å². The largest absolute Gasteiger partial charge is 0.497 e. The third kappa shape index (κ3) is 5.56. The lowest BCUT2D eigenvalue weighted by Crippen LogP contribution is -2.45. The molecule has 31 heavy (non-hydrogen) atoms. The van der Waals surface area contributed by atoms with Crippen LogP contribution in [0.15, 0.2) is 47.5 Å². The second kappa shape index (κ2) is 10.9. The van der Waals surface area contributed by atoms with Crippen molar-refractivity contribution in [2.24, 2.45) is 4.99 Å². The quantitative estimate of drug-likeness (QED) is 0.321. The molecule has 0 saturated carbocycles. The Balaban J connectivity index is 0.00000272. The molecule has 2 unspecified atom stereocenters. The standard InChI is InChI=1S/C24H32N4O2.HI/c1-4-25-24(26-15-18-11-17-7-5-6-8-23(17)18)27-19-9-10-28(16-19)20-12-21(29-2)14-22(13-20)30-3;/h5-8,12-14,18-19H,4,9-11,15-16H2,1-3H3,(H2,25,26,27);1H. The minimum absolute atomic E-state index is 0. The Bertz CT molecular complexity index is 883. The van der Waals surface area contributed by atoms with Gasteiger partial charge in [-0.1, -0.05) is 24.3 Å². The van der Waals surface area contributed by atoms with E-state index < -0.39 is 0 Å². The maximum atomic E-state index is 5.42. The first-order valence-corrected chi connectivity index (χ1v) is 10.8. The predicted octanol–water partition coefficient (Wildman–Crippen LogP) is 3.80. The van der Waals surface area contributed by atoms with Crippen LogP contribution in [0.5, 0.6) is 11.5 Å². The molecule has 2 N–H and O–H groups in total. The molecule has 2 aromatic rings. The smallest absolute Gasteiger partial charge is 0.191 e. The van der Waals surface area contributed by atoms with Crippen LogP contribution in [0.2, 0.25) is 0 Å². The van der Waals surface area contributed by atoms with E-state index in [1.54, 1.807) is 14.2 Å². The molecule has 1 aliphatic heterocycles. The summed E-state index contributed by atoms with van der Waals surface area (Å²) >= 11 is 0. The lowest BCUT2D eigenvalue weighted by molar-refractivity contribution is 0.394. The van der Waals surface area contributed by atoms with Gasteiger partial charge in [-0.2, -0.15) is 0 Å². The summed E-state index contributed by atoms with van der Waals surface area (Å²) in [5, 5.41) is 7.04. The molecule has 0 amide bonds. The van der Waals surface area contributed by atoms with Gasteiger partial charge < -0.3 is 25.0 Å². The molecule has 6 nitrogen and oxygen atoms in total. The van der Waals surface area contributed by atoms with Crippen molar-refractivity contribution in [3.05, 3.63) is 53.6 Å². The Labute approximate surface area is 202 Å². The first-order chi connectivity index (χ1) is 14.7. The van der Waals surface area contributed by atoms with Crippen LogP contribution in [0.3, 0.4) is 0 Å². The van der Waals surface area contributed by atoms with Crippen molar-refractivity contribution in [3.63, 3.8) is 0 Å². The second-order valence-electron chi connectivity index (χ2n) is 7.97. The number of hydrogen-bond donors (Lipinski definition) is 2. The Morgan fingerprint density at radius 3 is 2.55 bits per heavy atom. The molecule has 4 rings (SSSR count). The Morgan fingerprint density at radius 2 is 1.87 bits per heavy atom. The zero-order chi connectivity index (χ0) is 20.9. The SMILES string of the molecule is CCNC(=NCC1Cc2ccccc21)NC1CCN(c2cc(OC)cc(OC)c2)C1.I. The van der Waals surface area contributed by atoms with Crippen LogP contribution < -0.4 is 25.0 Å². The fourth-order valence-electron chi connectivity index (χ4n) is 4.33. The van der Waals surface area contributed by atoms with Crippen LogP contribution in [0.4, 0.5) is 5.69 Å². The van der Waals surface area contributed by atoms with Crippen LogP contribution in [0.1, 0.15) is 30.4 Å². The molecule has 2 aromatic carbocycles. The Kier molecular flexibility index (Phi) is 8.28. The van der Waals surface area contributed by atoms with Crippen LogP contribution in [-0.4, -0.2) is 52.4 Å². The monoisotopic (exact) mass is 536 g/mol. The fraction of sp³-hybridized carbons (Fsp3) is 0.458. The number of halogens is 1. The van der Waals surface area contributed by atoms with E-state index in [9.17, 15) is 0 Å². The number of aliphatic imine (C=N–C) groups is 1. The summed E-state index contributed by atoms with van der Waals surface area (Å²) in [4.78, 5) is 7.26.